The molecule has 0 aliphatic carbocycles. The Labute approximate surface area is 104 Å². The molecule has 16 heavy (non-hydrogen) atoms. The molecule has 0 aliphatic rings. The van der Waals surface area contributed by atoms with Crippen molar-refractivity contribution in [3.63, 3.8) is 0 Å². The smallest absolute Gasteiger partial charge is 0.266 e. The Kier molecular flexibility index (Phi) is 4.37. The van der Waals surface area contributed by atoms with Gasteiger partial charge in [-0.05, 0) is 20.8 Å². The minimum Gasteiger partial charge on any atom is -0.392 e. The topological polar surface area (TPSA) is 59.2 Å². The molecule has 0 saturated heterocycles. The highest BCUT2D eigenvalue weighted by atomic mass is 32.1. The van der Waals surface area contributed by atoms with Gasteiger partial charge in [0, 0.05) is 6.04 Å². The molecule has 6 heteroatoms. The van der Waals surface area contributed by atoms with Crippen LogP contribution in [-0.4, -0.2) is 33.4 Å². The van der Waals surface area contributed by atoms with E-state index in [4.69, 9.17) is 18.0 Å². The zero-order valence-corrected chi connectivity index (χ0v) is 11.2. The van der Waals surface area contributed by atoms with Gasteiger partial charge in [-0.3, -0.25) is 4.79 Å². The molecule has 1 rings (SSSR count). The maximum absolute atomic E-state index is 12.2. The Morgan fingerprint density at radius 1 is 1.69 bits per heavy atom. The minimum atomic E-state index is -0.0530. The molecule has 0 unspecified atom stereocenters. The summed E-state index contributed by atoms with van der Waals surface area (Å²) in [5.74, 6) is -0.0530. The van der Waals surface area contributed by atoms with Crippen molar-refractivity contribution in [1.82, 2.24) is 9.88 Å². The molecule has 0 aliphatic heterocycles. The second-order valence-electron chi connectivity index (χ2n) is 3.76. The Morgan fingerprint density at radius 2 is 2.31 bits per heavy atom. The van der Waals surface area contributed by atoms with Crippen molar-refractivity contribution >= 4 is 34.5 Å². The molecule has 1 aromatic rings. The van der Waals surface area contributed by atoms with Crippen molar-refractivity contribution in [2.75, 3.05) is 6.54 Å². The number of thiocarbonyl (C=S) groups is 1. The van der Waals surface area contributed by atoms with Gasteiger partial charge in [0.2, 0.25) is 0 Å². The zero-order valence-electron chi connectivity index (χ0n) is 9.56. The highest BCUT2D eigenvalue weighted by molar-refractivity contribution is 7.80. The van der Waals surface area contributed by atoms with Crippen LogP contribution in [0.2, 0.25) is 0 Å². The molecule has 88 valence electrons. The number of nitrogens with zero attached hydrogens (tertiary/aromatic N) is 2. The van der Waals surface area contributed by atoms with Crippen molar-refractivity contribution in [2.45, 2.75) is 26.8 Å². The molecule has 0 bridgehead atoms. The van der Waals surface area contributed by atoms with Crippen LogP contribution in [-0.2, 0) is 0 Å². The monoisotopic (exact) mass is 257 g/mol. The zero-order chi connectivity index (χ0) is 12.3. The number of nitrogens with two attached hydrogens (primary N) is 1. The van der Waals surface area contributed by atoms with Crippen molar-refractivity contribution < 1.29 is 4.79 Å². The van der Waals surface area contributed by atoms with E-state index < -0.39 is 0 Å². The van der Waals surface area contributed by atoms with E-state index in [0.717, 1.165) is 5.69 Å². The Hall–Kier alpha value is -1.01. The predicted octanol–water partition coefficient (Wildman–Crippen LogP) is 1.59. The van der Waals surface area contributed by atoms with Crippen LogP contribution < -0.4 is 5.73 Å². The van der Waals surface area contributed by atoms with Crippen molar-refractivity contribution in [2.24, 2.45) is 5.73 Å². The second kappa shape index (κ2) is 5.36. The highest BCUT2D eigenvalue weighted by Gasteiger charge is 2.22. The summed E-state index contributed by atoms with van der Waals surface area (Å²) >= 11 is 6.19. The minimum absolute atomic E-state index is 0.0530. The normalized spacial score (nSPS) is 10.5. The van der Waals surface area contributed by atoms with E-state index in [1.807, 2.05) is 20.8 Å². The molecule has 1 amide bonds. The molecule has 2 N–H and O–H groups in total. The van der Waals surface area contributed by atoms with E-state index >= 15 is 0 Å². The molecule has 1 heterocycles. The fraction of sp³-hybridized carbons (Fsp3) is 0.500. The summed E-state index contributed by atoms with van der Waals surface area (Å²) in [6, 6.07) is 0.0653. The fourth-order valence-electron chi connectivity index (χ4n) is 1.29. The first-order chi connectivity index (χ1) is 7.43. The second-order valence-corrected chi connectivity index (χ2v) is 5.14. The summed E-state index contributed by atoms with van der Waals surface area (Å²) in [7, 11) is 0. The highest BCUT2D eigenvalue weighted by Crippen LogP contribution is 2.16. The maximum atomic E-state index is 12.2. The lowest BCUT2D eigenvalue weighted by atomic mass is 10.2. The van der Waals surface area contributed by atoms with Gasteiger partial charge in [0.1, 0.15) is 4.88 Å². The predicted molar refractivity (Wildman–Crippen MR) is 69.8 cm³/mol. The number of hydrogen-bond acceptors (Lipinski definition) is 4. The molecule has 0 aromatic carbocycles. The van der Waals surface area contributed by atoms with E-state index in [0.29, 0.717) is 16.4 Å². The summed E-state index contributed by atoms with van der Waals surface area (Å²) < 4.78 is 0. The average molecular weight is 257 g/mol. The van der Waals surface area contributed by atoms with Crippen LogP contribution in [0.15, 0.2) is 5.51 Å². The van der Waals surface area contributed by atoms with Gasteiger partial charge in [0.25, 0.3) is 5.91 Å². The number of amides is 1. The van der Waals surface area contributed by atoms with Crippen LogP contribution in [0.3, 0.4) is 0 Å². The van der Waals surface area contributed by atoms with Gasteiger partial charge in [0.05, 0.1) is 22.7 Å². The summed E-state index contributed by atoms with van der Waals surface area (Å²) in [5.41, 5.74) is 7.91. The lowest BCUT2D eigenvalue weighted by Crippen LogP contribution is -2.42. The average Bonchev–Trinajstić information content (AvgIpc) is 2.59. The molecular weight excluding hydrogens is 242 g/mol. The quantitative estimate of drug-likeness (QED) is 0.832. The van der Waals surface area contributed by atoms with Gasteiger partial charge in [-0.15, -0.1) is 11.3 Å². The third-order valence-electron chi connectivity index (χ3n) is 2.15. The van der Waals surface area contributed by atoms with Crippen LogP contribution in [0.4, 0.5) is 0 Å². The number of hydrogen-bond donors (Lipinski definition) is 1. The third-order valence-corrected chi connectivity index (χ3v) is 3.20. The maximum Gasteiger partial charge on any atom is 0.266 e. The molecule has 0 radical (unpaired) electrons. The van der Waals surface area contributed by atoms with Gasteiger partial charge in [-0.2, -0.15) is 0 Å². The first-order valence-electron chi connectivity index (χ1n) is 4.92. The summed E-state index contributed by atoms with van der Waals surface area (Å²) in [6.07, 6.45) is 0. The van der Waals surface area contributed by atoms with E-state index in [9.17, 15) is 4.79 Å². The fourth-order valence-corrected chi connectivity index (χ4v) is 2.19. The van der Waals surface area contributed by atoms with Gasteiger partial charge >= 0.3 is 0 Å². The number of carbonyl (C=O) groups is 1. The molecule has 0 spiro atoms. The van der Waals surface area contributed by atoms with E-state index in [1.165, 1.54) is 11.3 Å². The van der Waals surface area contributed by atoms with Gasteiger partial charge in [0.15, 0.2) is 0 Å². The van der Waals surface area contributed by atoms with Crippen molar-refractivity contribution in [1.29, 1.82) is 0 Å². The number of rotatable bonds is 4. The van der Waals surface area contributed by atoms with Crippen LogP contribution >= 0.6 is 23.6 Å². The van der Waals surface area contributed by atoms with Gasteiger partial charge in [-0.25, -0.2) is 4.98 Å². The van der Waals surface area contributed by atoms with Crippen LogP contribution in [0.1, 0.15) is 29.2 Å². The largest absolute Gasteiger partial charge is 0.392 e. The van der Waals surface area contributed by atoms with Crippen molar-refractivity contribution in [3.05, 3.63) is 16.1 Å². The molecule has 4 nitrogen and oxygen atoms in total. The lowest BCUT2D eigenvalue weighted by Gasteiger charge is -2.25. The number of aryl methyl sites for hydroxylation is 1. The van der Waals surface area contributed by atoms with E-state index in [2.05, 4.69) is 4.98 Å². The number of carbonyl (C=O) groups excluding carboxylic acids is 1. The number of thiazole rings is 1. The van der Waals surface area contributed by atoms with Crippen LogP contribution in [0, 0.1) is 6.92 Å². The van der Waals surface area contributed by atoms with Crippen molar-refractivity contribution in [3.8, 4) is 0 Å². The third kappa shape index (κ3) is 2.99. The Balaban J connectivity index is 2.92. The SMILES string of the molecule is Cc1ncsc1C(=O)N(CC(N)=S)C(C)C. The van der Waals surface area contributed by atoms with Crippen LogP contribution in [0.5, 0.6) is 0 Å². The molecular formula is C10H15N3OS2. The number of aromatic nitrogens is 1. The standard InChI is InChI=1S/C10H15N3OS2/c1-6(2)13(4-8(11)15)10(14)9-7(3)12-5-16-9/h5-6H,4H2,1-3H3,(H2,11,15). The summed E-state index contributed by atoms with van der Waals surface area (Å²) in [4.78, 5) is 18.9. The Bertz CT molecular complexity index is 401. The summed E-state index contributed by atoms with van der Waals surface area (Å²) in [5, 5.41) is 0. The first kappa shape index (κ1) is 13.1. The van der Waals surface area contributed by atoms with E-state index in [1.54, 1.807) is 10.4 Å². The summed E-state index contributed by atoms with van der Waals surface area (Å²) in [6.45, 7) is 6.01. The van der Waals surface area contributed by atoms with E-state index in [-0.39, 0.29) is 11.9 Å². The molecule has 0 fully saturated rings. The van der Waals surface area contributed by atoms with Gasteiger partial charge in [-0.1, -0.05) is 12.2 Å². The first-order valence-corrected chi connectivity index (χ1v) is 6.21. The van der Waals surface area contributed by atoms with Crippen LogP contribution in [0.25, 0.3) is 0 Å². The lowest BCUT2D eigenvalue weighted by molar-refractivity contribution is 0.0740. The molecule has 0 saturated carbocycles. The molecule has 1 aromatic heterocycles. The Morgan fingerprint density at radius 3 is 2.69 bits per heavy atom. The molecule has 0 atom stereocenters. The van der Waals surface area contributed by atoms with Gasteiger partial charge < -0.3 is 10.6 Å².